The topological polar surface area (TPSA) is 75.6 Å². The quantitative estimate of drug-likeness (QED) is 0.683. The van der Waals surface area contributed by atoms with Crippen LogP contribution in [0.4, 0.5) is 0 Å². The Kier molecular flexibility index (Phi) is 7.18. The maximum absolute atomic E-state index is 12.1. The summed E-state index contributed by atoms with van der Waals surface area (Å²) in [6.45, 7) is 3.88. The molecule has 0 atom stereocenters. The van der Waals surface area contributed by atoms with Crippen LogP contribution in [0.15, 0.2) is 24.3 Å². The Morgan fingerprint density at radius 3 is 2.64 bits per heavy atom. The van der Waals surface area contributed by atoms with Gasteiger partial charge in [-0.05, 0) is 44.9 Å². The average molecular weight is 328 g/mol. The van der Waals surface area contributed by atoms with E-state index in [4.69, 9.17) is 21.4 Å². The van der Waals surface area contributed by atoms with Crippen LogP contribution in [0.1, 0.15) is 39.5 Å². The van der Waals surface area contributed by atoms with Gasteiger partial charge in [-0.2, -0.15) is 0 Å². The highest BCUT2D eigenvalue weighted by molar-refractivity contribution is 6.30. The molecule has 22 heavy (non-hydrogen) atoms. The van der Waals surface area contributed by atoms with Gasteiger partial charge in [-0.15, -0.1) is 0 Å². The molecular weight excluding hydrogens is 306 g/mol. The number of amides is 1. The number of halogens is 1. The third-order valence-corrected chi connectivity index (χ3v) is 3.30. The fourth-order valence-electron chi connectivity index (χ4n) is 1.86. The van der Waals surface area contributed by atoms with Crippen molar-refractivity contribution in [1.82, 2.24) is 5.32 Å². The smallest absolute Gasteiger partial charge is 0.303 e. The molecular formula is C16H22ClNO4. The van der Waals surface area contributed by atoms with Crippen molar-refractivity contribution in [3.8, 4) is 5.75 Å². The summed E-state index contributed by atoms with van der Waals surface area (Å²) < 4.78 is 5.68. The summed E-state index contributed by atoms with van der Waals surface area (Å²) in [5, 5.41) is 11.9. The van der Waals surface area contributed by atoms with Gasteiger partial charge < -0.3 is 15.2 Å². The molecule has 1 aromatic rings. The lowest BCUT2D eigenvalue weighted by atomic mass is 10.1. The fourth-order valence-corrected chi connectivity index (χ4v) is 2.04. The van der Waals surface area contributed by atoms with Gasteiger partial charge in [0, 0.05) is 18.0 Å². The highest BCUT2D eigenvalue weighted by Crippen LogP contribution is 2.22. The summed E-state index contributed by atoms with van der Waals surface area (Å²) in [7, 11) is 0. The van der Waals surface area contributed by atoms with Crippen molar-refractivity contribution in [2.75, 3.05) is 6.54 Å². The molecule has 0 aliphatic rings. The van der Waals surface area contributed by atoms with Gasteiger partial charge in [-0.1, -0.05) is 24.1 Å². The van der Waals surface area contributed by atoms with Gasteiger partial charge >= 0.3 is 5.97 Å². The van der Waals surface area contributed by atoms with E-state index in [0.717, 1.165) is 12.8 Å². The van der Waals surface area contributed by atoms with E-state index in [-0.39, 0.29) is 12.3 Å². The minimum absolute atomic E-state index is 0.164. The van der Waals surface area contributed by atoms with Crippen molar-refractivity contribution in [2.45, 2.75) is 45.1 Å². The van der Waals surface area contributed by atoms with Gasteiger partial charge in [0.1, 0.15) is 5.75 Å². The summed E-state index contributed by atoms with van der Waals surface area (Å²) >= 11 is 5.89. The Labute approximate surface area is 135 Å². The minimum Gasteiger partial charge on any atom is -0.481 e. The standard InChI is InChI=1S/C16H22ClNO4/c1-16(2,22-13-8-6-7-12(17)11-13)15(21)18-10-5-3-4-9-14(19)20/h6-8,11H,3-5,9-10H2,1-2H3,(H,18,21)(H,19,20). The minimum atomic E-state index is -1.01. The number of hydrogen-bond donors (Lipinski definition) is 2. The van der Waals surface area contributed by atoms with E-state index in [1.165, 1.54) is 0 Å². The van der Waals surface area contributed by atoms with E-state index in [2.05, 4.69) is 5.32 Å². The Bertz CT molecular complexity index is 517. The van der Waals surface area contributed by atoms with Crippen molar-refractivity contribution in [1.29, 1.82) is 0 Å². The van der Waals surface area contributed by atoms with Crippen LogP contribution in [0.3, 0.4) is 0 Å². The van der Waals surface area contributed by atoms with Crippen molar-refractivity contribution in [2.24, 2.45) is 0 Å². The molecule has 6 heteroatoms. The molecule has 0 heterocycles. The number of unbranched alkanes of at least 4 members (excludes halogenated alkanes) is 2. The summed E-state index contributed by atoms with van der Waals surface area (Å²) in [4.78, 5) is 22.5. The summed E-state index contributed by atoms with van der Waals surface area (Å²) in [6.07, 6.45) is 2.29. The van der Waals surface area contributed by atoms with Gasteiger partial charge in [0.2, 0.25) is 0 Å². The summed E-state index contributed by atoms with van der Waals surface area (Å²) in [5.41, 5.74) is -1.01. The van der Waals surface area contributed by atoms with E-state index in [1.807, 2.05) is 0 Å². The number of carbonyl (C=O) groups excluding carboxylic acids is 1. The highest BCUT2D eigenvalue weighted by atomic mass is 35.5. The van der Waals surface area contributed by atoms with Crippen LogP contribution in [0.25, 0.3) is 0 Å². The van der Waals surface area contributed by atoms with E-state index in [1.54, 1.807) is 38.1 Å². The SMILES string of the molecule is CC(C)(Oc1cccc(Cl)c1)C(=O)NCCCCCC(=O)O. The first-order chi connectivity index (χ1) is 10.3. The monoisotopic (exact) mass is 327 g/mol. The molecule has 1 amide bonds. The summed E-state index contributed by atoms with van der Waals surface area (Å²) in [5.74, 6) is -0.472. The molecule has 5 nitrogen and oxygen atoms in total. The first-order valence-electron chi connectivity index (χ1n) is 7.26. The normalized spacial score (nSPS) is 11.0. The zero-order valence-corrected chi connectivity index (χ0v) is 13.7. The second-order valence-electron chi connectivity index (χ2n) is 5.53. The van der Waals surface area contributed by atoms with Crippen LogP contribution in [0.5, 0.6) is 5.75 Å². The molecule has 0 aliphatic heterocycles. The van der Waals surface area contributed by atoms with Crippen molar-refractivity contribution < 1.29 is 19.4 Å². The molecule has 0 radical (unpaired) electrons. The summed E-state index contributed by atoms with van der Waals surface area (Å²) in [6, 6.07) is 6.89. The zero-order chi connectivity index (χ0) is 16.6. The van der Waals surface area contributed by atoms with Crippen LogP contribution in [0, 0.1) is 0 Å². The third-order valence-electron chi connectivity index (χ3n) is 3.07. The average Bonchev–Trinajstić information content (AvgIpc) is 2.41. The Morgan fingerprint density at radius 1 is 1.27 bits per heavy atom. The molecule has 0 bridgehead atoms. The molecule has 0 saturated heterocycles. The van der Waals surface area contributed by atoms with Crippen LogP contribution in [-0.2, 0) is 9.59 Å². The van der Waals surface area contributed by atoms with Gasteiger partial charge in [0.25, 0.3) is 5.91 Å². The lowest BCUT2D eigenvalue weighted by molar-refractivity contribution is -0.137. The predicted octanol–water partition coefficient (Wildman–Crippen LogP) is 3.26. The van der Waals surface area contributed by atoms with Crippen molar-refractivity contribution in [3.63, 3.8) is 0 Å². The van der Waals surface area contributed by atoms with E-state index < -0.39 is 11.6 Å². The number of ether oxygens (including phenoxy) is 1. The largest absolute Gasteiger partial charge is 0.481 e. The number of hydrogen-bond acceptors (Lipinski definition) is 3. The molecule has 0 unspecified atom stereocenters. The molecule has 1 aromatic carbocycles. The van der Waals surface area contributed by atoms with Gasteiger partial charge in [0.05, 0.1) is 0 Å². The maximum atomic E-state index is 12.1. The van der Waals surface area contributed by atoms with Crippen LogP contribution in [0.2, 0.25) is 5.02 Å². The van der Waals surface area contributed by atoms with Crippen LogP contribution in [-0.4, -0.2) is 29.1 Å². The highest BCUT2D eigenvalue weighted by Gasteiger charge is 2.29. The molecule has 0 spiro atoms. The van der Waals surface area contributed by atoms with Crippen molar-refractivity contribution >= 4 is 23.5 Å². The molecule has 0 aromatic heterocycles. The second-order valence-corrected chi connectivity index (χ2v) is 5.97. The van der Waals surface area contributed by atoms with E-state index in [0.29, 0.717) is 23.7 Å². The molecule has 122 valence electrons. The van der Waals surface area contributed by atoms with Crippen molar-refractivity contribution in [3.05, 3.63) is 29.3 Å². The number of carbonyl (C=O) groups is 2. The first kappa shape index (κ1) is 18.3. The molecule has 0 saturated carbocycles. The van der Waals surface area contributed by atoms with Gasteiger partial charge in [-0.25, -0.2) is 0 Å². The third kappa shape index (κ3) is 6.80. The molecule has 1 rings (SSSR count). The fraction of sp³-hybridized carbons (Fsp3) is 0.500. The number of benzene rings is 1. The number of carboxylic acid groups (broad SMARTS) is 1. The molecule has 0 aliphatic carbocycles. The van der Waals surface area contributed by atoms with Crippen LogP contribution < -0.4 is 10.1 Å². The maximum Gasteiger partial charge on any atom is 0.303 e. The molecule has 0 fully saturated rings. The lowest BCUT2D eigenvalue weighted by Crippen LogP contribution is -2.46. The number of aliphatic carboxylic acids is 1. The first-order valence-corrected chi connectivity index (χ1v) is 7.64. The lowest BCUT2D eigenvalue weighted by Gasteiger charge is -2.25. The number of nitrogens with one attached hydrogen (secondary N) is 1. The van der Waals surface area contributed by atoms with Crippen LogP contribution >= 0.6 is 11.6 Å². The second kappa shape index (κ2) is 8.63. The Morgan fingerprint density at radius 2 is 2.00 bits per heavy atom. The molecule has 2 N–H and O–H groups in total. The zero-order valence-electron chi connectivity index (χ0n) is 12.9. The predicted molar refractivity (Wildman–Crippen MR) is 85.3 cm³/mol. The Hall–Kier alpha value is -1.75. The van der Waals surface area contributed by atoms with Gasteiger partial charge in [-0.3, -0.25) is 9.59 Å². The number of carboxylic acids is 1. The van der Waals surface area contributed by atoms with E-state index in [9.17, 15) is 9.59 Å². The Balaban J connectivity index is 2.35. The number of rotatable bonds is 9. The van der Waals surface area contributed by atoms with Gasteiger partial charge in [0.15, 0.2) is 5.60 Å². The van der Waals surface area contributed by atoms with E-state index >= 15 is 0 Å².